The van der Waals surface area contributed by atoms with Gasteiger partial charge in [-0.25, -0.2) is 9.82 Å². The number of hydrogen-bond donors (Lipinski definition) is 3. The quantitative estimate of drug-likeness (QED) is 0.134. The molecule has 5 aromatic carbocycles. The van der Waals surface area contributed by atoms with Crippen molar-refractivity contribution < 1.29 is 18.3 Å². The number of amides is 1. The number of nitrogens with one attached hydrogen (secondary N) is 2. The Balaban J connectivity index is 1.23. The first-order valence-electron chi connectivity index (χ1n) is 15.3. The maximum absolute atomic E-state index is 13.9. The molecule has 15 heteroatoms. The second-order valence-corrected chi connectivity index (χ2v) is 15.5. The number of halogens is 3. The molecule has 1 amide bonds. The minimum Gasteiger partial charge on any atom is -0.508 e. The molecule has 1 fully saturated rings. The van der Waals surface area contributed by atoms with E-state index < -0.39 is 15.6 Å². The molecule has 0 radical (unpaired) electrons. The number of carbonyl (C=O) groups excluding carboxylic acids is 1. The van der Waals surface area contributed by atoms with Gasteiger partial charge in [0.1, 0.15) is 16.9 Å². The summed E-state index contributed by atoms with van der Waals surface area (Å²) in [5.41, 5.74) is 2.70. The second kappa shape index (κ2) is 14.1. The van der Waals surface area contributed by atoms with Crippen molar-refractivity contribution in [1.29, 1.82) is 0 Å². The van der Waals surface area contributed by atoms with E-state index in [-0.39, 0.29) is 45.3 Å². The zero-order valence-electron chi connectivity index (χ0n) is 26.3. The van der Waals surface area contributed by atoms with E-state index >= 15 is 0 Å². The van der Waals surface area contributed by atoms with E-state index in [1.165, 1.54) is 54.2 Å². The predicted octanol–water partition coefficient (Wildman–Crippen LogP) is 8.11. The van der Waals surface area contributed by atoms with Crippen molar-refractivity contribution in [3.63, 3.8) is 0 Å². The third kappa shape index (κ3) is 7.10. The number of sulfonamides is 1. The van der Waals surface area contributed by atoms with Crippen molar-refractivity contribution in [2.24, 2.45) is 0 Å². The average molecular weight is 779 g/mol. The molecule has 7 rings (SSSR count). The first kappa shape index (κ1) is 34.7. The molecular formula is C36H26Cl3N5O5S2. The van der Waals surface area contributed by atoms with Crippen molar-refractivity contribution in [3.05, 3.63) is 152 Å². The highest BCUT2D eigenvalue weighted by Crippen LogP contribution is 2.42. The Hall–Kier alpha value is -4.72. The fraction of sp³-hybridized carbons (Fsp3) is 0.0833. The van der Waals surface area contributed by atoms with Crippen LogP contribution in [0.2, 0.25) is 15.1 Å². The van der Waals surface area contributed by atoms with Crippen LogP contribution in [0.5, 0.6) is 5.75 Å². The van der Waals surface area contributed by atoms with Crippen LogP contribution in [0.15, 0.2) is 119 Å². The zero-order valence-corrected chi connectivity index (χ0v) is 30.2. The molecule has 1 saturated heterocycles. The Morgan fingerprint density at radius 3 is 2.29 bits per heavy atom. The summed E-state index contributed by atoms with van der Waals surface area (Å²) in [6.07, 6.45) is 0.0117. The summed E-state index contributed by atoms with van der Waals surface area (Å²) in [5, 5.41) is 13.9. The summed E-state index contributed by atoms with van der Waals surface area (Å²) in [6, 6.07) is 29.3. The van der Waals surface area contributed by atoms with Gasteiger partial charge in [0.05, 0.1) is 37.3 Å². The summed E-state index contributed by atoms with van der Waals surface area (Å²) >= 11 is 20.5. The lowest BCUT2D eigenvalue weighted by Crippen LogP contribution is -2.36. The first-order valence-corrected chi connectivity index (χ1v) is 19.0. The Labute approximate surface area is 311 Å². The summed E-state index contributed by atoms with van der Waals surface area (Å²) in [4.78, 5) is 35.4. The lowest BCUT2D eigenvalue weighted by atomic mass is 10.1. The highest BCUT2D eigenvalue weighted by molar-refractivity contribution is 8.00. The molecule has 10 nitrogen and oxygen atoms in total. The largest absolute Gasteiger partial charge is 0.508 e. The smallest absolute Gasteiger partial charge is 0.280 e. The van der Waals surface area contributed by atoms with Gasteiger partial charge in [-0.3, -0.25) is 14.5 Å². The van der Waals surface area contributed by atoms with Gasteiger partial charge in [0.25, 0.3) is 15.6 Å². The molecule has 51 heavy (non-hydrogen) atoms. The van der Waals surface area contributed by atoms with Gasteiger partial charge in [0.2, 0.25) is 5.91 Å². The fourth-order valence-corrected chi connectivity index (χ4v) is 8.55. The third-order valence-corrected chi connectivity index (χ3v) is 11.6. The molecule has 3 N–H and O–H groups in total. The van der Waals surface area contributed by atoms with Crippen molar-refractivity contribution in [2.45, 2.75) is 16.7 Å². The van der Waals surface area contributed by atoms with Gasteiger partial charge >= 0.3 is 0 Å². The number of benzene rings is 5. The number of phenolic OH excluding ortho intramolecular Hbond substituents is 1. The number of rotatable bonds is 9. The molecule has 2 heterocycles. The lowest BCUT2D eigenvalue weighted by molar-refractivity contribution is -0.115. The van der Waals surface area contributed by atoms with Gasteiger partial charge in [0.15, 0.2) is 0 Å². The first-order chi connectivity index (χ1) is 24.5. The molecule has 0 spiro atoms. The molecule has 1 aliphatic rings. The number of para-hydroxylation sites is 2. The van der Waals surface area contributed by atoms with Crippen LogP contribution in [-0.2, 0) is 21.2 Å². The monoisotopic (exact) mass is 777 g/mol. The van der Waals surface area contributed by atoms with Crippen LogP contribution in [0.25, 0.3) is 10.9 Å². The van der Waals surface area contributed by atoms with E-state index in [0.29, 0.717) is 43.2 Å². The maximum Gasteiger partial charge on any atom is 0.280 e. The van der Waals surface area contributed by atoms with E-state index in [2.05, 4.69) is 15.1 Å². The minimum absolute atomic E-state index is 0.0117. The molecule has 258 valence electrons. The summed E-state index contributed by atoms with van der Waals surface area (Å²) < 4.78 is 28.7. The van der Waals surface area contributed by atoms with Gasteiger partial charge in [-0.15, -0.1) is 11.8 Å². The van der Waals surface area contributed by atoms with Gasteiger partial charge in [-0.1, -0.05) is 71.2 Å². The number of thioether (sulfide) groups is 1. The zero-order chi connectivity index (χ0) is 35.9. The standard InChI is InChI=1S/C36H26Cl3N5O5S2/c37-23-10-17-27-31(19-23)40-32(18-22-4-1-2-7-30(22)41-34-28(38)5-3-6-29(34)39)44(35(27)47)42-51(48,49)26-15-11-24(12-16-26)43-33(46)20-50-36(43)21-8-13-25(45)14-9-21/h1-17,19,36,41-42,45H,18,20H2. The van der Waals surface area contributed by atoms with Crippen LogP contribution in [0.1, 0.15) is 22.3 Å². The summed E-state index contributed by atoms with van der Waals surface area (Å²) in [6.45, 7) is 0. The molecular weight excluding hydrogens is 753 g/mol. The van der Waals surface area contributed by atoms with Crippen molar-refractivity contribution in [2.75, 3.05) is 20.8 Å². The van der Waals surface area contributed by atoms with E-state index in [4.69, 9.17) is 34.8 Å². The number of fused-ring (bicyclic) bond motifs is 1. The van der Waals surface area contributed by atoms with E-state index in [1.807, 2.05) is 12.1 Å². The molecule has 1 aromatic heterocycles. The van der Waals surface area contributed by atoms with Gasteiger partial charge in [-0.05, 0) is 83.9 Å². The molecule has 6 aromatic rings. The number of aromatic hydroxyl groups is 1. The topological polar surface area (TPSA) is 134 Å². The predicted molar refractivity (Wildman–Crippen MR) is 204 cm³/mol. The molecule has 0 saturated carbocycles. The maximum atomic E-state index is 13.9. The number of anilines is 3. The Morgan fingerprint density at radius 2 is 1.57 bits per heavy atom. The van der Waals surface area contributed by atoms with E-state index in [9.17, 15) is 23.1 Å². The fourth-order valence-electron chi connectivity index (χ4n) is 5.68. The van der Waals surface area contributed by atoms with Gasteiger partial charge in [0, 0.05) is 22.8 Å². The number of hydrogen-bond acceptors (Lipinski definition) is 8. The number of phenols is 1. The lowest BCUT2D eigenvalue weighted by Gasteiger charge is -2.24. The molecule has 0 aliphatic carbocycles. The van der Waals surface area contributed by atoms with Gasteiger partial charge in [-0.2, -0.15) is 13.1 Å². The van der Waals surface area contributed by atoms with Crippen LogP contribution < -0.4 is 20.6 Å². The Bertz CT molecular complexity index is 2460. The average Bonchev–Trinajstić information content (AvgIpc) is 3.50. The van der Waals surface area contributed by atoms with Crippen molar-refractivity contribution in [1.82, 2.24) is 9.66 Å². The third-order valence-electron chi connectivity index (χ3n) is 8.17. The SMILES string of the molecule is O=C1CSC(c2ccc(O)cc2)N1c1ccc(S(=O)(=O)Nn2c(Cc3ccccc3Nc3c(Cl)cccc3Cl)nc3cc(Cl)ccc3c2=O)cc1. The van der Waals surface area contributed by atoms with Crippen LogP contribution in [-0.4, -0.2) is 34.8 Å². The Morgan fingerprint density at radius 1 is 0.863 bits per heavy atom. The van der Waals surface area contributed by atoms with Crippen LogP contribution in [0.3, 0.4) is 0 Å². The molecule has 1 unspecified atom stereocenters. The van der Waals surface area contributed by atoms with Gasteiger partial charge < -0.3 is 10.4 Å². The highest BCUT2D eigenvalue weighted by atomic mass is 35.5. The molecule has 1 aliphatic heterocycles. The van der Waals surface area contributed by atoms with Crippen LogP contribution in [0.4, 0.5) is 17.1 Å². The Kier molecular flexibility index (Phi) is 9.62. The highest BCUT2D eigenvalue weighted by Gasteiger charge is 2.34. The van der Waals surface area contributed by atoms with Crippen molar-refractivity contribution >= 4 is 90.5 Å². The number of nitrogens with zero attached hydrogens (tertiary/aromatic N) is 3. The second-order valence-electron chi connectivity index (χ2n) is 11.5. The van der Waals surface area contributed by atoms with Crippen LogP contribution >= 0.6 is 46.6 Å². The van der Waals surface area contributed by atoms with Crippen LogP contribution in [0, 0.1) is 0 Å². The van der Waals surface area contributed by atoms with Crippen molar-refractivity contribution in [3.8, 4) is 5.75 Å². The van der Waals surface area contributed by atoms with E-state index in [1.54, 1.807) is 59.5 Å². The number of carbonyl (C=O) groups is 1. The number of aromatic nitrogens is 2. The summed E-state index contributed by atoms with van der Waals surface area (Å²) in [5.74, 6) is 0.295. The minimum atomic E-state index is -4.36. The summed E-state index contributed by atoms with van der Waals surface area (Å²) in [7, 11) is -4.36. The normalized spacial score (nSPS) is 14.6. The molecule has 1 atom stereocenters. The van der Waals surface area contributed by atoms with E-state index in [0.717, 1.165) is 10.2 Å². The molecule has 0 bridgehead atoms.